The third kappa shape index (κ3) is 2.87. The van der Waals surface area contributed by atoms with Crippen LogP contribution in [0.4, 0.5) is 11.4 Å². The van der Waals surface area contributed by atoms with Gasteiger partial charge in [0.25, 0.3) is 10.0 Å². The van der Waals surface area contributed by atoms with Gasteiger partial charge in [-0.1, -0.05) is 6.07 Å². The molecule has 0 radical (unpaired) electrons. The molecule has 0 bridgehead atoms. The first kappa shape index (κ1) is 15.1. The van der Waals surface area contributed by atoms with Gasteiger partial charge in [-0.2, -0.15) is 0 Å². The highest BCUT2D eigenvalue weighted by Crippen LogP contribution is 2.34. The van der Waals surface area contributed by atoms with Crippen LogP contribution in [0.1, 0.15) is 12.8 Å². The largest absolute Gasteiger partial charge is 0.454 e. The van der Waals surface area contributed by atoms with Crippen LogP contribution < -0.4 is 19.1 Å². The summed E-state index contributed by atoms with van der Waals surface area (Å²) in [5.41, 5.74) is 1.59. The van der Waals surface area contributed by atoms with E-state index in [2.05, 4.69) is 9.62 Å². The van der Waals surface area contributed by atoms with Gasteiger partial charge in [0.05, 0.1) is 10.6 Å². The Labute approximate surface area is 141 Å². The Morgan fingerprint density at radius 3 is 2.58 bits per heavy atom. The molecule has 0 spiro atoms. The topological polar surface area (TPSA) is 67.9 Å². The molecule has 1 saturated heterocycles. The number of hydrogen-bond donors (Lipinski definition) is 1. The minimum Gasteiger partial charge on any atom is -0.454 e. The van der Waals surface area contributed by atoms with Gasteiger partial charge >= 0.3 is 0 Å². The Morgan fingerprint density at radius 2 is 1.75 bits per heavy atom. The number of benzene rings is 2. The van der Waals surface area contributed by atoms with Crippen molar-refractivity contribution in [3.63, 3.8) is 0 Å². The van der Waals surface area contributed by atoms with Crippen LogP contribution in [0.3, 0.4) is 0 Å². The standard InChI is InChI=1S/C17H18N2O4S/c20-24(21,15-6-7-16-17(11-15)23-12-22-16)18-13-4-3-5-14(10-13)19-8-1-2-9-19/h3-7,10-11,18H,1-2,8-9,12H2. The molecule has 24 heavy (non-hydrogen) atoms. The zero-order valence-electron chi connectivity index (χ0n) is 13.1. The molecule has 2 heterocycles. The second kappa shape index (κ2) is 5.90. The Hall–Kier alpha value is -2.41. The van der Waals surface area contributed by atoms with Crippen molar-refractivity contribution in [2.45, 2.75) is 17.7 Å². The summed E-state index contributed by atoms with van der Waals surface area (Å²) >= 11 is 0. The second-order valence-electron chi connectivity index (χ2n) is 5.87. The number of nitrogens with zero attached hydrogens (tertiary/aromatic N) is 1. The third-order valence-electron chi connectivity index (χ3n) is 4.22. The van der Waals surface area contributed by atoms with E-state index in [1.54, 1.807) is 12.1 Å². The highest BCUT2D eigenvalue weighted by Gasteiger charge is 2.21. The van der Waals surface area contributed by atoms with E-state index in [9.17, 15) is 8.42 Å². The average molecular weight is 346 g/mol. The van der Waals surface area contributed by atoms with Crippen LogP contribution in [0.25, 0.3) is 0 Å². The van der Waals surface area contributed by atoms with Gasteiger partial charge in [-0.15, -0.1) is 0 Å². The molecule has 1 fully saturated rings. The minimum absolute atomic E-state index is 0.115. The second-order valence-corrected chi connectivity index (χ2v) is 7.55. The molecule has 0 saturated carbocycles. The van der Waals surface area contributed by atoms with Gasteiger partial charge in [0.15, 0.2) is 11.5 Å². The van der Waals surface area contributed by atoms with Crippen LogP contribution in [0, 0.1) is 0 Å². The molecule has 7 heteroatoms. The molecule has 1 N–H and O–H groups in total. The fourth-order valence-electron chi connectivity index (χ4n) is 3.00. The molecule has 4 rings (SSSR count). The predicted octanol–water partition coefficient (Wildman–Crippen LogP) is 2.82. The normalized spacial score (nSPS) is 16.4. The van der Waals surface area contributed by atoms with Gasteiger partial charge in [-0.3, -0.25) is 4.72 Å². The van der Waals surface area contributed by atoms with Crippen LogP contribution in [0.15, 0.2) is 47.4 Å². The summed E-state index contributed by atoms with van der Waals surface area (Å²) in [6.45, 7) is 2.14. The minimum atomic E-state index is -3.68. The molecule has 0 aliphatic carbocycles. The van der Waals surface area contributed by atoms with Crippen LogP contribution in [-0.2, 0) is 10.0 Å². The van der Waals surface area contributed by atoms with E-state index < -0.39 is 10.0 Å². The number of sulfonamides is 1. The molecule has 6 nitrogen and oxygen atoms in total. The maximum absolute atomic E-state index is 12.6. The van der Waals surface area contributed by atoms with Crippen LogP contribution >= 0.6 is 0 Å². The quantitative estimate of drug-likeness (QED) is 0.922. The zero-order valence-corrected chi connectivity index (χ0v) is 13.9. The average Bonchev–Trinajstić information content (AvgIpc) is 3.25. The van der Waals surface area contributed by atoms with E-state index in [1.807, 2.05) is 18.2 Å². The molecule has 2 aromatic rings. The van der Waals surface area contributed by atoms with Gasteiger partial charge in [0.2, 0.25) is 6.79 Å². The summed E-state index contributed by atoms with van der Waals surface area (Å²) in [6.07, 6.45) is 2.35. The molecule has 2 aromatic carbocycles. The summed E-state index contributed by atoms with van der Waals surface area (Å²) in [5, 5.41) is 0. The Kier molecular flexibility index (Phi) is 3.72. The number of rotatable bonds is 4. The van der Waals surface area contributed by atoms with E-state index in [0.717, 1.165) is 18.8 Å². The van der Waals surface area contributed by atoms with Crippen molar-refractivity contribution in [1.82, 2.24) is 0 Å². The van der Waals surface area contributed by atoms with Crippen molar-refractivity contribution < 1.29 is 17.9 Å². The molecule has 0 aromatic heterocycles. The lowest BCUT2D eigenvalue weighted by molar-refractivity contribution is 0.174. The fraction of sp³-hybridized carbons (Fsp3) is 0.294. The fourth-order valence-corrected chi connectivity index (χ4v) is 4.06. The first-order valence-corrected chi connectivity index (χ1v) is 9.38. The summed E-state index contributed by atoms with van der Waals surface area (Å²) in [5.74, 6) is 1.01. The van der Waals surface area contributed by atoms with Gasteiger partial charge in [-0.05, 0) is 43.2 Å². The van der Waals surface area contributed by atoms with E-state index in [1.165, 1.54) is 25.0 Å². The number of nitrogens with one attached hydrogen (secondary N) is 1. The summed E-state index contributed by atoms with van der Waals surface area (Å²) < 4.78 is 38.3. The number of fused-ring (bicyclic) bond motifs is 1. The maximum Gasteiger partial charge on any atom is 0.262 e. The lowest BCUT2D eigenvalue weighted by atomic mass is 10.2. The molecule has 0 unspecified atom stereocenters. The molecule has 2 aliphatic heterocycles. The lowest BCUT2D eigenvalue weighted by Crippen LogP contribution is -2.18. The Balaban J connectivity index is 1.58. The summed E-state index contributed by atoms with van der Waals surface area (Å²) in [7, 11) is -3.68. The van der Waals surface area contributed by atoms with Crippen molar-refractivity contribution in [3.8, 4) is 11.5 Å². The predicted molar refractivity (Wildman–Crippen MR) is 91.3 cm³/mol. The number of hydrogen-bond acceptors (Lipinski definition) is 5. The molecule has 0 atom stereocenters. The van der Waals surface area contributed by atoms with Gasteiger partial charge in [-0.25, -0.2) is 8.42 Å². The van der Waals surface area contributed by atoms with E-state index in [0.29, 0.717) is 17.2 Å². The Morgan fingerprint density at radius 1 is 0.958 bits per heavy atom. The summed E-state index contributed by atoms with van der Waals surface area (Å²) in [6, 6.07) is 12.1. The van der Waals surface area contributed by atoms with E-state index in [-0.39, 0.29) is 11.7 Å². The van der Waals surface area contributed by atoms with Gasteiger partial charge in [0.1, 0.15) is 0 Å². The highest BCUT2D eigenvalue weighted by molar-refractivity contribution is 7.92. The van der Waals surface area contributed by atoms with E-state index in [4.69, 9.17) is 9.47 Å². The summed E-state index contributed by atoms with van der Waals surface area (Å²) in [4.78, 5) is 2.41. The highest BCUT2D eigenvalue weighted by atomic mass is 32.2. The van der Waals surface area contributed by atoms with Crippen LogP contribution in [-0.4, -0.2) is 28.3 Å². The monoisotopic (exact) mass is 346 g/mol. The molecular weight excluding hydrogens is 328 g/mol. The number of ether oxygens (including phenoxy) is 2. The molecule has 126 valence electrons. The van der Waals surface area contributed by atoms with Crippen molar-refractivity contribution in [2.24, 2.45) is 0 Å². The third-order valence-corrected chi connectivity index (χ3v) is 5.60. The SMILES string of the molecule is O=S(=O)(Nc1cccc(N2CCCC2)c1)c1ccc2c(c1)OCO2. The van der Waals surface area contributed by atoms with Crippen molar-refractivity contribution in [3.05, 3.63) is 42.5 Å². The zero-order chi connectivity index (χ0) is 16.6. The molecular formula is C17H18N2O4S. The molecule has 2 aliphatic rings. The Bertz CT molecular complexity index is 861. The maximum atomic E-state index is 12.6. The first-order chi connectivity index (χ1) is 11.6. The van der Waals surface area contributed by atoms with Gasteiger partial charge in [0, 0.05) is 24.8 Å². The van der Waals surface area contributed by atoms with Crippen molar-refractivity contribution in [2.75, 3.05) is 29.5 Å². The number of anilines is 2. The van der Waals surface area contributed by atoms with E-state index >= 15 is 0 Å². The van der Waals surface area contributed by atoms with Crippen molar-refractivity contribution >= 4 is 21.4 Å². The van der Waals surface area contributed by atoms with Crippen LogP contribution in [0.2, 0.25) is 0 Å². The van der Waals surface area contributed by atoms with Gasteiger partial charge < -0.3 is 14.4 Å². The van der Waals surface area contributed by atoms with Crippen molar-refractivity contribution in [1.29, 1.82) is 0 Å². The lowest BCUT2D eigenvalue weighted by Gasteiger charge is -2.18. The smallest absolute Gasteiger partial charge is 0.262 e. The first-order valence-electron chi connectivity index (χ1n) is 7.89. The van der Waals surface area contributed by atoms with Crippen LogP contribution in [0.5, 0.6) is 11.5 Å². The molecule has 0 amide bonds.